The van der Waals surface area contributed by atoms with E-state index < -0.39 is 10.8 Å². The van der Waals surface area contributed by atoms with Crippen molar-refractivity contribution in [2.24, 2.45) is 5.73 Å². The first-order valence-corrected chi connectivity index (χ1v) is 6.71. The van der Waals surface area contributed by atoms with Gasteiger partial charge in [0, 0.05) is 16.7 Å². The van der Waals surface area contributed by atoms with Crippen LogP contribution in [0.5, 0.6) is 0 Å². The van der Waals surface area contributed by atoms with Crippen LogP contribution in [0.25, 0.3) is 0 Å². The fourth-order valence-corrected chi connectivity index (χ4v) is 2.55. The zero-order valence-electron chi connectivity index (χ0n) is 9.19. The van der Waals surface area contributed by atoms with Crippen molar-refractivity contribution in [3.63, 3.8) is 0 Å². The number of hydrogen-bond acceptors (Lipinski definition) is 2. The van der Waals surface area contributed by atoms with Crippen LogP contribution in [0.1, 0.15) is 26.2 Å². The predicted octanol–water partition coefficient (Wildman–Crippen LogP) is 2.31. The molecule has 0 fully saturated rings. The Morgan fingerprint density at radius 3 is 2.53 bits per heavy atom. The Kier molecular flexibility index (Phi) is 5.58. The second-order valence-electron chi connectivity index (χ2n) is 3.84. The van der Waals surface area contributed by atoms with Gasteiger partial charge in [-0.2, -0.15) is 0 Å². The van der Waals surface area contributed by atoms with E-state index in [1.807, 2.05) is 37.3 Å². The van der Waals surface area contributed by atoms with Crippen molar-refractivity contribution in [1.82, 2.24) is 0 Å². The number of nitrogens with two attached hydrogens (primary N) is 1. The van der Waals surface area contributed by atoms with Crippen LogP contribution in [0.15, 0.2) is 35.2 Å². The van der Waals surface area contributed by atoms with Gasteiger partial charge in [0.05, 0.1) is 10.8 Å². The summed E-state index contributed by atoms with van der Waals surface area (Å²) in [5.41, 5.74) is 5.64. The molecule has 0 aliphatic carbocycles. The smallest absolute Gasteiger partial charge is 0.0529 e. The highest BCUT2D eigenvalue weighted by Crippen LogP contribution is 2.08. The molecule has 0 saturated carbocycles. The third-order valence-corrected chi connectivity index (χ3v) is 3.70. The molecule has 0 bridgehead atoms. The summed E-state index contributed by atoms with van der Waals surface area (Å²) in [6, 6.07) is 9.89. The van der Waals surface area contributed by atoms with Crippen molar-refractivity contribution < 1.29 is 4.21 Å². The summed E-state index contributed by atoms with van der Waals surface area (Å²) in [6.07, 6.45) is 3.07. The molecule has 15 heavy (non-hydrogen) atoms. The number of hydrogen-bond donors (Lipinski definition) is 1. The Balaban J connectivity index is 2.25. The molecule has 0 amide bonds. The lowest BCUT2D eigenvalue weighted by molar-refractivity contribution is 0.613. The van der Waals surface area contributed by atoms with Crippen molar-refractivity contribution >= 4 is 10.8 Å². The molecule has 3 heteroatoms. The maximum Gasteiger partial charge on any atom is 0.0529 e. The van der Waals surface area contributed by atoms with Crippen LogP contribution in [0, 0.1) is 0 Å². The van der Waals surface area contributed by atoms with Crippen molar-refractivity contribution in [2.45, 2.75) is 37.1 Å². The maximum atomic E-state index is 11.8. The standard InChI is InChI=1S/C12H19NOS/c1-11(13)7-5-6-10-15(14)12-8-3-2-4-9-12/h2-4,8-9,11H,5-7,10,13H2,1H3. The molecule has 0 heterocycles. The van der Waals surface area contributed by atoms with Crippen LogP contribution in [-0.4, -0.2) is 16.0 Å². The van der Waals surface area contributed by atoms with Crippen LogP contribution in [0.4, 0.5) is 0 Å². The summed E-state index contributed by atoms with van der Waals surface area (Å²) in [7, 11) is -0.839. The Labute approximate surface area is 94.3 Å². The Morgan fingerprint density at radius 1 is 1.27 bits per heavy atom. The molecule has 84 valence electrons. The lowest BCUT2D eigenvalue weighted by Crippen LogP contribution is -2.14. The summed E-state index contributed by atoms with van der Waals surface area (Å²) in [6.45, 7) is 2.01. The SMILES string of the molecule is CC(N)CCCCS(=O)c1ccccc1. The molecule has 2 N–H and O–H groups in total. The van der Waals surface area contributed by atoms with Crippen molar-refractivity contribution in [1.29, 1.82) is 0 Å². The fraction of sp³-hybridized carbons (Fsp3) is 0.500. The van der Waals surface area contributed by atoms with Crippen LogP contribution >= 0.6 is 0 Å². The number of benzene rings is 1. The van der Waals surface area contributed by atoms with E-state index in [1.165, 1.54) is 0 Å². The molecule has 0 aliphatic rings. The van der Waals surface area contributed by atoms with Gasteiger partial charge in [-0.25, -0.2) is 0 Å². The van der Waals surface area contributed by atoms with Gasteiger partial charge >= 0.3 is 0 Å². The van der Waals surface area contributed by atoms with E-state index in [0.29, 0.717) is 0 Å². The molecular formula is C12H19NOS. The highest BCUT2D eigenvalue weighted by molar-refractivity contribution is 7.85. The van der Waals surface area contributed by atoms with Crippen LogP contribution in [0.2, 0.25) is 0 Å². The molecule has 2 atom stereocenters. The van der Waals surface area contributed by atoms with Gasteiger partial charge in [0.1, 0.15) is 0 Å². The maximum absolute atomic E-state index is 11.8. The summed E-state index contributed by atoms with van der Waals surface area (Å²) in [4.78, 5) is 0.929. The lowest BCUT2D eigenvalue weighted by atomic mass is 10.2. The minimum atomic E-state index is -0.839. The normalized spacial score (nSPS) is 14.8. The third-order valence-electron chi connectivity index (χ3n) is 2.25. The molecule has 1 aromatic carbocycles. The molecule has 2 unspecified atom stereocenters. The van der Waals surface area contributed by atoms with E-state index in [9.17, 15) is 4.21 Å². The quantitative estimate of drug-likeness (QED) is 0.755. The van der Waals surface area contributed by atoms with Gasteiger partial charge in [-0.1, -0.05) is 24.6 Å². The molecule has 0 radical (unpaired) electrons. The van der Waals surface area contributed by atoms with Gasteiger partial charge < -0.3 is 5.73 Å². The van der Waals surface area contributed by atoms with E-state index in [4.69, 9.17) is 5.73 Å². The Bertz CT molecular complexity index is 298. The molecule has 1 rings (SSSR count). The van der Waals surface area contributed by atoms with E-state index in [0.717, 1.165) is 29.9 Å². The van der Waals surface area contributed by atoms with E-state index in [2.05, 4.69) is 0 Å². The Hall–Kier alpha value is -0.670. The Morgan fingerprint density at radius 2 is 1.93 bits per heavy atom. The topological polar surface area (TPSA) is 43.1 Å². The summed E-state index contributed by atoms with van der Waals surface area (Å²) < 4.78 is 11.8. The molecular weight excluding hydrogens is 206 g/mol. The fourth-order valence-electron chi connectivity index (χ4n) is 1.39. The third kappa shape index (κ3) is 5.09. The average Bonchev–Trinajstić information content (AvgIpc) is 2.25. The van der Waals surface area contributed by atoms with E-state index in [-0.39, 0.29) is 6.04 Å². The van der Waals surface area contributed by atoms with Crippen LogP contribution in [-0.2, 0) is 10.8 Å². The van der Waals surface area contributed by atoms with E-state index >= 15 is 0 Å². The minimum Gasteiger partial charge on any atom is -0.328 e. The van der Waals surface area contributed by atoms with Gasteiger partial charge in [0.25, 0.3) is 0 Å². The predicted molar refractivity (Wildman–Crippen MR) is 65.2 cm³/mol. The summed E-state index contributed by atoms with van der Waals surface area (Å²) in [5.74, 6) is 0.747. The minimum absolute atomic E-state index is 0.259. The lowest BCUT2D eigenvalue weighted by Gasteiger charge is -2.04. The monoisotopic (exact) mass is 225 g/mol. The van der Waals surface area contributed by atoms with Gasteiger partial charge in [0.15, 0.2) is 0 Å². The zero-order chi connectivity index (χ0) is 11.1. The summed E-state index contributed by atoms with van der Waals surface area (Å²) >= 11 is 0. The van der Waals surface area contributed by atoms with Crippen molar-refractivity contribution in [3.8, 4) is 0 Å². The number of rotatable bonds is 6. The van der Waals surface area contributed by atoms with Crippen LogP contribution in [0.3, 0.4) is 0 Å². The second-order valence-corrected chi connectivity index (χ2v) is 5.41. The molecule has 1 aromatic rings. The van der Waals surface area contributed by atoms with Crippen molar-refractivity contribution in [2.75, 3.05) is 5.75 Å². The van der Waals surface area contributed by atoms with Gasteiger partial charge in [-0.3, -0.25) is 4.21 Å². The highest BCUT2D eigenvalue weighted by atomic mass is 32.2. The zero-order valence-corrected chi connectivity index (χ0v) is 10.0. The molecule has 0 aliphatic heterocycles. The first-order chi connectivity index (χ1) is 7.20. The first-order valence-electron chi connectivity index (χ1n) is 5.39. The summed E-state index contributed by atoms with van der Waals surface area (Å²) in [5, 5.41) is 0. The van der Waals surface area contributed by atoms with Gasteiger partial charge in [-0.05, 0) is 31.9 Å². The first kappa shape index (κ1) is 12.4. The molecule has 0 aromatic heterocycles. The van der Waals surface area contributed by atoms with E-state index in [1.54, 1.807) is 0 Å². The second kappa shape index (κ2) is 6.75. The number of unbranched alkanes of at least 4 members (excludes halogenated alkanes) is 1. The molecule has 0 spiro atoms. The largest absolute Gasteiger partial charge is 0.328 e. The van der Waals surface area contributed by atoms with Crippen LogP contribution < -0.4 is 5.73 Å². The van der Waals surface area contributed by atoms with Gasteiger partial charge in [0.2, 0.25) is 0 Å². The van der Waals surface area contributed by atoms with Crippen molar-refractivity contribution in [3.05, 3.63) is 30.3 Å². The van der Waals surface area contributed by atoms with Gasteiger partial charge in [-0.15, -0.1) is 0 Å². The highest BCUT2D eigenvalue weighted by Gasteiger charge is 2.02. The molecule has 2 nitrogen and oxygen atoms in total. The average molecular weight is 225 g/mol. The molecule has 0 saturated heterocycles.